The number of rotatable bonds is 4. The summed E-state index contributed by atoms with van der Waals surface area (Å²) in [4.78, 5) is 25.8. The van der Waals surface area contributed by atoms with Gasteiger partial charge in [-0.3, -0.25) is 9.59 Å². The number of carbonyl (C=O) groups is 2. The number of hydrogen-bond acceptors (Lipinski definition) is 3. The van der Waals surface area contributed by atoms with Crippen LogP contribution in [-0.4, -0.2) is 11.7 Å². The van der Waals surface area contributed by atoms with Crippen molar-refractivity contribution in [1.29, 1.82) is 0 Å². The van der Waals surface area contributed by atoms with Gasteiger partial charge in [-0.15, -0.1) is 17.8 Å². The topological polar surface area (TPSA) is 46.2 Å². The van der Waals surface area contributed by atoms with Crippen LogP contribution < -0.4 is 5.32 Å². The van der Waals surface area contributed by atoms with Gasteiger partial charge in [-0.2, -0.15) is 0 Å². The minimum atomic E-state index is -0.343. The Morgan fingerprint density at radius 3 is 2.46 bits per heavy atom. The van der Waals surface area contributed by atoms with Crippen LogP contribution in [0.5, 0.6) is 0 Å². The first-order chi connectivity index (χ1) is 11.7. The quantitative estimate of drug-likeness (QED) is 0.575. The van der Waals surface area contributed by atoms with Gasteiger partial charge >= 0.3 is 0 Å². The third kappa shape index (κ3) is 3.27. The van der Waals surface area contributed by atoms with Gasteiger partial charge in [0.05, 0.1) is 10.4 Å². The van der Waals surface area contributed by atoms with Gasteiger partial charge in [0.25, 0.3) is 5.91 Å². The molecule has 0 fully saturated rings. The SMILES string of the molecule is C#Cc1cccc(NC(=O)c2ccccc2C(=O)c2cccs2)c1. The molecule has 3 rings (SSSR count). The van der Waals surface area contributed by atoms with Crippen LogP contribution in [0.1, 0.15) is 31.2 Å². The molecule has 1 amide bonds. The molecule has 2 aromatic carbocycles. The first-order valence-electron chi connectivity index (χ1n) is 7.24. The second kappa shape index (κ2) is 6.95. The maximum absolute atomic E-state index is 12.6. The number of thiophene rings is 1. The Morgan fingerprint density at radius 1 is 0.958 bits per heavy atom. The average Bonchev–Trinajstić information content (AvgIpc) is 3.16. The Bertz CT molecular complexity index is 936. The summed E-state index contributed by atoms with van der Waals surface area (Å²) in [7, 11) is 0. The molecule has 3 nitrogen and oxygen atoms in total. The fourth-order valence-corrected chi connectivity index (χ4v) is 2.98. The molecule has 4 heteroatoms. The van der Waals surface area contributed by atoms with Crippen molar-refractivity contribution >= 4 is 28.7 Å². The molecule has 1 N–H and O–H groups in total. The first-order valence-corrected chi connectivity index (χ1v) is 8.12. The van der Waals surface area contributed by atoms with E-state index < -0.39 is 0 Å². The lowest BCUT2D eigenvalue weighted by Gasteiger charge is -2.09. The van der Waals surface area contributed by atoms with Crippen molar-refractivity contribution < 1.29 is 9.59 Å². The molecule has 0 spiro atoms. The molecule has 0 saturated heterocycles. The molecule has 0 unspecified atom stereocenters. The van der Waals surface area contributed by atoms with E-state index in [1.807, 2.05) is 11.4 Å². The molecule has 3 aromatic rings. The van der Waals surface area contributed by atoms with E-state index >= 15 is 0 Å². The molecule has 24 heavy (non-hydrogen) atoms. The van der Waals surface area contributed by atoms with Gasteiger partial charge in [-0.1, -0.05) is 36.3 Å². The molecule has 0 aliphatic heterocycles. The standard InChI is InChI=1S/C20H13NO2S/c1-2-14-7-5-8-15(13-14)21-20(23)17-10-4-3-9-16(17)19(22)18-11-6-12-24-18/h1,3-13H,(H,21,23). The van der Waals surface area contributed by atoms with Crippen LogP contribution in [-0.2, 0) is 0 Å². The molecule has 0 bridgehead atoms. The number of amides is 1. The van der Waals surface area contributed by atoms with Gasteiger partial charge in [0.15, 0.2) is 0 Å². The van der Waals surface area contributed by atoms with Gasteiger partial charge in [-0.25, -0.2) is 0 Å². The van der Waals surface area contributed by atoms with Crippen molar-refractivity contribution in [3.05, 3.63) is 87.6 Å². The first kappa shape index (κ1) is 15.7. The van der Waals surface area contributed by atoms with Crippen molar-refractivity contribution in [3.8, 4) is 12.3 Å². The number of anilines is 1. The van der Waals surface area contributed by atoms with Crippen molar-refractivity contribution in [2.75, 3.05) is 5.32 Å². The Morgan fingerprint density at radius 2 is 1.75 bits per heavy atom. The summed E-state index contributed by atoms with van der Waals surface area (Å²) in [5.74, 6) is 2.02. The highest BCUT2D eigenvalue weighted by atomic mass is 32.1. The smallest absolute Gasteiger partial charge is 0.256 e. The van der Waals surface area contributed by atoms with E-state index in [2.05, 4.69) is 11.2 Å². The van der Waals surface area contributed by atoms with Crippen LogP contribution in [0.3, 0.4) is 0 Å². The number of benzene rings is 2. The summed E-state index contributed by atoms with van der Waals surface area (Å²) >= 11 is 1.35. The lowest BCUT2D eigenvalue weighted by atomic mass is 10.0. The lowest BCUT2D eigenvalue weighted by molar-refractivity contribution is 0.0998. The Balaban J connectivity index is 1.90. The molecule has 0 saturated carbocycles. The van der Waals surface area contributed by atoms with E-state index in [0.29, 0.717) is 27.3 Å². The van der Waals surface area contributed by atoms with Gasteiger partial charge in [0, 0.05) is 16.8 Å². The summed E-state index contributed by atoms with van der Waals surface area (Å²) < 4.78 is 0. The molecule has 1 aromatic heterocycles. The van der Waals surface area contributed by atoms with Crippen LogP contribution in [0.15, 0.2) is 66.0 Å². The van der Waals surface area contributed by atoms with E-state index in [-0.39, 0.29) is 11.7 Å². The van der Waals surface area contributed by atoms with E-state index in [0.717, 1.165) is 0 Å². The molecule has 0 aliphatic rings. The molecule has 0 radical (unpaired) electrons. The molecule has 1 heterocycles. The zero-order chi connectivity index (χ0) is 16.9. The molecule has 0 atom stereocenters. The zero-order valence-electron chi connectivity index (χ0n) is 12.7. The predicted molar refractivity (Wildman–Crippen MR) is 96.5 cm³/mol. The van der Waals surface area contributed by atoms with Crippen molar-refractivity contribution in [2.24, 2.45) is 0 Å². The molecule has 116 valence electrons. The number of hydrogen-bond donors (Lipinski definition) is 1. The van der Waals surface area contributed by atoms with Crippen LogP contribution in [0.2, 0.25) is 0 Å². The van der Waals surface area contributed by atoms with E-state index in [9.17, 15) is 9.59 Å². The summed E-state index contributed by atoms with van der Waals surface area (Å²) in [5.41, 5.74) is 1.98. The second-order valence-electron chi connectivity index (χ2n) is 5.03. The van der Waals surface area contributed by atoms with Crippen LogP contribution >= 0.6 is 11.3 Å². The number of terminal acetylenes is 1. The van der Waals surface area contributed by atoms with Crippen molar-refractivity contribution in [3.63, 3.8) is 0 Å². The normalized spacial score (nSPS) is 9.96. The van der Waals surface area contributed by atoms with Crippen molar-refractivity contribution in [1.82, 2.24) is 0 Å². The van der Waals surface area contributed by atoms with Crippen LogP contribution in [0, 0.1) is 12.3 Å². The van der Waals surface area contributed by atoms with E-state index in [4.69, 9.17) is 6.42 Å². The molecular weight excluding hydrogens is 318 g/mol. The Hall–Kier alpha value is -3.16. The average molecular weight is 331 g/mol. The second-order valence-corrected chi connectivity index (χ2v) is 5.98. The van der Waals surface area contributed by atoms with Gasteiger partial charge < -0.3 is 5.32 Å². The monoisotopic (exact) mass is 331 g/mol. The maximum Gasteiger partial charge on any atom is 0.256 e. The van der Waals surface area contributed by atoms with Crippen LogP contribution in [0.4, 0.5) is 5.69 Å². The molecular formula is C20H13NO2S. The largest absolute Gasteiger partial charge is 0.322 e. The lowest BCUT2D eigenvalue weighted by Crippen LogP contribution is -2.16. The maximum atomic E-state index is 12.6. The number of ketones is 1. The van der Waals surface area contributed by atoms with Gasteiger partial charge in [0.2, 0.25) is 5.78 Å². The Labute approximate surface area is 144 Å². The Kier molecular flexibility index (Phi) is 4.55. The highest BCUT2D eigenvalue weighted by molar-refractivity contribution is 7.12. The predicted octanol–water partition coefficient (Wildman–Crippen LogP) is 4.21. The molecule has 0 aliphatic carbocycles. The minimum absolute atomic E-state index is 0.159. The fraction of sp³-hybridized carbons (Fsp3) is 0. The van der Waals surface area contributed by atoms with E-state index in [1.165, 1.54) is 11.3 Å². The van der Waals surface area contributed by atoms with Gasteiger partial charge in [0.1, 0.15) is 0 Å². The van der Waals surface area contributed by atoms with Crippen molar-refractivity contribution in [2.45, 2.75) is 0 Å². The number of carbonyl (C=O) groups excluding carboxylic acids is 2. The van der Waals surface area contributed by atoms with Crippen LogP contribution in [0.25, 0.3) is 0 Å². The minimum Gasteiger partial charge on any atom is -0.322 e. The fourth-order valence-electron chi connectivity index (χ4n) is 2.30. The highest BCUT2D eigenvalue weighted by Crippen LogP contribution is 2.20. The van der Waals surface area contributed by atoms with Gasteiger partial charge in [-0.05, 0) is 35.7 Å². The zero-order valence-corrected chi connectivity index (χ0v) is 13.5. The number of nitrogens with one attached hydrogen (secondary N) is 1. The van der Waals surface area contributed by atoms with E-state index in [1.54, 1.807) is 54.6 Å². The summed E-state index contributed by atoms with van der Waals surface area (Å²) in [6.45, 7) is 0. The summed E-state index contributed by atoms with van der Waals surface area (Å²) in [6.07, 6.45) is 5.37. The highest BCUT2D eigenvalue weighted by Gasteiger charge is 2.18. The third-order valence-corrected chi connectivity index (χ3v) is 4.32. The third-order valence-electron chi connectivity index (χ3n) is 3.45. The summed E-state index contributed by atoms with van der Waals surface area (Å²) in [5, 5.41) is 4.62. The summed E-state index contributed by atoms with van der Waals surface area (Å²) in [6, 6.07) is 17.4.